The van der Waals surface area contributed by atoms with Crippen molar-refractivity contribution < 1.29 is 23.7 Å². The molecule has 0 fully saturated rings. The van der Waals surface area contributed by atoms with Gasteiger partial charge in [-0.3, -0.25) is 4.79 Å². The average molecular weight is 546 g/mol. The van der Waals surface area contributed by atoms with E-state index < -0.39 is 0 Å². The Morgan fingerprint density at radius 3 is 2.15 bits per heavy atom. The Morgan fingerprint density at radius 1 is 0.872 bits per heavy atom. The van der Waals surface area contributed by atoms with Crippen molar-refractivity contribution in [3.8, 4) is 34.4 Å². The third kappa shape index (κ3) is 5.83. The number of amides is 1. The lowest BCUT2D eigenvalue weighted by molar-refractivity contribution is 0.102. The highest BCUT2D eigenvalue weighted by Crippen LogP contribution is 2.40. The number of hydrogen-bond acceptors (Lipinski definition) is 7. The Kier molecular flexibility index (Phi) is 8.27. The van der Waals surface area contributed by atoms with Crippen LogP contribution in [0.1, 0.15) is 42.4 Å². The highest BCUT2D eigenvalue weighted by molar-refractivity contribution is 7.98. The van der Waals surface area contributed by atoms with Gasteiger partial charge in [0.05, 0.1) is 31.2 Å². The van der Waals surface area contributed by atoms with Gasteiger partial charge in [-0.1, -0.05) is 18.2 Å². The summed E-state index contributed by atoms with van der Waals surface area (Å²) in [6, 6.07) is 20.7. The molecule has 1 N–H and O–H groups in total. The maximum absolute atomic E-state index is 13.6. The third-order valence-corrected chi connectivity index (χ3v) is 6.99. The molecule has 0 radical (unpaired) electrons. The van der Waals surface area contributed by atoms with E-state index >= 15 is 0 Å². The summed E-state index contributed by atoms with van der Waals surface area (Å²) in [5.74, 6) is 4.86. The zero-order valence-corrected chi connectivity index (χ0v) is 23.0. The molecule has 0 aliphatic carbocycles. The minimum atomic E-state index is -0.287. The number of benzene rings is 3. The van der Waals surface area contributed by atoms with E-state index in [2.05, 4.69) is 5.32 Å². The molecule has 9 heteroatoms. The van der Waals surface area contributed by atoms with Gasteiger partial charge in [-0.15, -0.1) is 0 Å². The van der Waals surface area contributed by atoms with Crippen molar-refractivity contribution in [3.63, 3.8) is 0 Å². The van der Waals surface area contributed by atoms with Gasteiger partial charge in [0, 0.05) is 22.6 Å². The highest BCUT2D eigenvalue weighted by Gasteiger charge is 2.26. The molecular weight excluding hydrogens is 514 g/mol. The molecule has 8 nitrogen and oxygen atoms in total. The molecule has 4 aromatic rings. The van der Waals surface area contributed by atoms with E-state index in [1.165, 1.54) is 0 Å². The van der Waals surface area contributed by atoms with Gasteiger partial charge >= 0.3 is 0 Å². The minimum absolute atomic E-state index is 0.287. The van der Waals surface area contributed by atoms with Crippen LogP contribution < -0.4 is 24.3 Å². The van der Waals surface area contributed by atoms with Crippen LogP contribution in [0.5, 0.6) is 28.7 Å². The van der Waals surface area contributed by atoms with Gasteiger partial charge in [0.1, 0.15) is 17.3 Å². The lowest BCUT2D eigenvalue weighted by Gasteiger charge is -2.17. The van der Waals surface area contributed by atoms with E-state index in [9.17, 15) is 4.79 Å². The molecule has 5 rings (SSSR count). The van der Waals surface area contributed by atoms with Crippen LogP contribution in [0.25, 0.3) is 5.69 Å². The summed E-state index contributed by atoms with van der Waals surface area (Å²) < 4.78 is 25.1. The number of thioether (sulfide) groups is 1. The number of anilines is 1. The van der Waals surface area contributed by atoms with E-state index in [-0.39, 0.29) is 5.91 Å². The van der Waals surface area contributed by atoms with Crippen molar-refractivity contribution in [2.75, 3.05) is 25.1 Å². The Bertz CT molecular complexity index is 1410. The molecule has 0 bridgehead atoms. The number of nitrogens with one attached hydrogen (secondary N) is 1. The van der Waals surface area contributed by atoms with Crippen LogP contribution >= 0.6 is 11.8 Å². The summed E-state index contributed by atoms with van der Waals surface area (Å²) >= 11 is 1.78. The number of fused-ring (bicyclic) bond motifs is 1. The van der Waals surface area contributed by atoms with Gasteiger partial charge in [-0.25, -0.2) is 4.68 Å². The van der Waals surface area contributed by atoms with Gasteiger partial charge in [0.25, 0.3) is 5.91 Å². The number of carbonyl (C=O) groups is 1. The van der Waals surface area contributed by atoms with Crippen molar-refractivity contribution in [3.05, 3.63) is 83.6 Å². The molecule has 3 aromatic carbocycles. The van der Waals surface area contributed by atoms with Crippen LogP contribution in [-0.4, -0.2) is 35.5 Å². The molecule has 202 valence electrons. The Morgan fingerprint density at radius 2 is 1.51 bits per heavy atom. The topological polar surface area (TPSA) is 83.8 Å². The summed E-state index contributed by atoms with van der Waals surface area (Å²) in [7, 11) is 0. The zero-order valence-electron chi connectivity index (χ0n) is 22.2. The highest BCUT2D eigenvalue weighted by atomic mass is 32.2. The molecular formula is C30H31N3O5S. The lowest BCUT2D eigenvalue weighted by atomic mass is 10.1. The first-order chi connectivity index (χ1) is 19.1. The van der Waals surface area contributed by atoms with Crippen LogP contribution in [0, 0.1) is 0 Å². The summed E-state index contributed by atoms with van der Waals surface area (Å²) in [5, 5.41) is 7.94. The molecule has 1 amide bonds. The fourth-order valence-corrected chi connectivity index (χ4v) is 5.34. The number of nitrogens with zero attached hydrogens (tertiary/aromatic N) is 2. The van der Waals surface area contributed by atoms with Gasteiger partial charge in [-0.2, -0.15) is 16.9 Å². The molecule has 0 saturated carbocycles. The molecule has 1 aliphatic heterocycles. The SMILES string of the molecule is CCOc1cc(C(=O)Nc2c3c(nn2-c2ccc(Oc4ccccc4)cc2)CSC3)cc(OCC)c1OCC. The summed E-state index contributed by atoms with van der Waals surface area (Å²) in [5.41, 5.74) is 3.22. The first-order valence-corrected chi connectivity index (χ1v) is 14.2. The van der Waals surface area contributed by atoms with Gasteiger partial charge in [-0.05, 0) is 69.3 Å². The third-order valence-electron chi connectivity index (χ3n) is 6.02. The number of para-hydroxylation sites is 1. The molecule has 39 heavy (non-hydrogen) atoms. The largest absolute Gasteiger partial charge is 0.490 e. The fraction of sp³-hybridized carbons (Fsp3) is 0.267. The maximum atomic E-state index is 13.6. The number of ether oxygens (including phenoxy) is 4. The Labute approximate surface area is 232 Å². The fourth-order valence-electron chi connectivity index (χ4n) is 4.31. The summed E-state index contributed by atoms with van der Waals surface area (Å²) in [6.45, 7) is 6.98. The maximum Gasteiger partial charge on any atom is 0.257 e. The quantitative estimate of drug-likeness (QED) is 0.220. The van der Waals surface area contributed by atoms with Crippen molar-refractivity contribution in [1.82, 2.24) is 9.78 Å². The van der Waals surface area contributed by atoms with E-state index in [4.69, 9.17) is 24.0 Å². The zero-order chi connectivity index (χ0) is 27.2. The van der Waals surface area contributed by atoms with E-state index in [1.807, 2.05) is 75.4 Å². The molecule has 0 saturated heterocycles. The molecule has 1 aliphatic rings. The first-order valence-electron chi connectivity index (χ1n) is 13.0. The minimum Gasteiger partial charge on any atom is -0.490 e. The van der Waals surface area contributed by atoms with Gasteiger partial charge < -0.3 is 24.3 Å². The van der Waals surface area contributed by atoms with Gasteiger partial charge in [0.2, 0.25) is 5.75 Å². The Hall–Kier alpha value is -4.11. The van der Waals surface area contributed by atoms with Crippen molar-refractivity contribution in [1.29, 1.82) is 0 Å². The second-order valence-corrected chi connectivity index (χ2v) is 9.63. The number of hydrogen-bond donors (Lipinski definition) is 1. The standard InChI is InChI=1S/C30H31N3O5S/c1-4-35-26-16-20(17-27(36-5-2)28(26)37-6-3)30(34)31-29-24-18-39-19-25(24)32-33(29)21-12-14-23(15-13-21)38-22-10-8-7-9-11-22/h7-17H,4-6,18-19H2,1-3H3,(H,31,34). The summed E-state index contributed by atoms with van der Waals surface area (Å²) in [6.07, 6.45) is 0. The van der Waals surface area contributed by atoms with Crippen molar-refractivity contribution in [2.24, 2.45) is 0 Å². The van der Waals surface area contributed by atoms with Crippen LogP contribution in [-0.2, 0) is 11.5 Å². The van der Waals surface area contributed by atoms with E-state index in [0.717, 1.165) is 34.2 Å². The van der Waals surface area contributed by atoms with E-state index in [0.29, 0.717) is 54.2 Å². The van der Waals surface area contributed by atoms with Crippen LogP contribution in [0.15, 0.2) is 66.7 Å². The number of aromatic nitrogens is 2. The smallest absolute Gasteiger partial charge is 0.257 e. The normalized spacial score (nSPS) is 12.1. The van der Waals surface area contributed by atoms with Crippen LogP contribution in [0.3, 0.4) is 0 Å². The predicted molar refractivity (Wildman–Crippen MR) is 153 cm³/mol. The molecule has 0 unspecified atom stereocenters. The van der Waals surface area contributed by atoms with Crippen molar-refractivity contribution >= 4 is 23.5 Å². The van der Waals surface area contributed by atoms with Crippen LogP contribution in [0.4, 0.5) is 5.82 Å². The number of rotatable bonds is 11. The Balaban J connectivity index is 1.45. The summed E-state index contributed by atoms with van der Waals surface area (Å²) in [4.78, 5) is 13.6. The molecule has 0 atom stereocenters. The van der Waals surface area contributed by atoms with Crippen molar-refractivity contribution in [2.45, 2.75) is 32.3 Å². The molecule has 0 spiro atoms. The van der Waals surface area contributed by atoms with Crippen LogP contribution in [0.2, 0.25) is 0 Å². The average Bonchev–Trinajstić information content (AvgIpc) is 3.54. The second-order valence-electron chi connectivity index (χ2n) is 8.64. The molecule has 2 heterocycles. The van der Waals surface area contributed by atoms with Gasteiger partial charge in [0.15, 0.2) is 11.5 Å². The lowest BCUT2D eigenvalue weighted by Crippen LogP contribution is -2.17. The second kappa shape index (κ2) is 12.2. The first kappa shape index (κ1) is 26.5. The monoisotopic (exact) mass is 545 g/mol. The predicted octanol–water partition coefficient (Wildman–Crippen LogP) is 6.86. The van der Waals surface area contributed by atoms with E-state index in [1.54, 1.807) is 28.6 Å². The number of carbonyl (C=O) groups excluding carboxylic acids is 1. The molecule has 1 aromatic heterocycles.